The zero-order valence-electron chi connectivity index (χ0n) is 23.8. The minimum absolute atomic E-state index is 0.0157. The minimum atomic E-state index is -4.50. The summed E-state index contributed by atoms with van der Waals surface area (Å²) in [6, 6.07) is 11.9. The van der Waals surface area contributed by atoms with E-state index >= 15 is 0 Å². The van der Waals surface area contributed by atoms with E-state index in [-0.39, 0.29) is 47.4 Å². The van der Waals surface area contributed by atoms with Crippen LogP contribution in [0, 0.1) is 11.7 Å². The number of nitrogens with zero attached hydrogens (tertiary/aromatic N) is 1. The molecule has 2 unspecified atom stereocenters. The van der Waals surface area contributed by atoms with Crippen LogP contribution in [0.25, 0.3) is 11.3 Å². The molecule has 2 aliphatic rings. The van der Waals surface area contributed by atoms with E-state index in [0.717, 1.165) is 19.3 Å². The fourth-order valence-electron chi connectivity index (χ4n) is 5.15. The van der Waals surface area contributed by atoms with E-state index in [1.165, 1.54) is 30.3 Å². The van der Waals surface area contributed by atoms with Crippen LogP contribution in [-0.2, 0) is 0 Å². The second-order valence-electron chi connectivity index (χ2n) is 11.1. The standard InChI is InChI=1S/C32H34F4N2O4/c1-4-13-40-27-12-9-21(14-28(27)42-18(2)3)31(39)37-16-24(19-5-6-19)26-15-23-25(32(34,35)36)17-41-30(23)29(38-26)20-7-10-22(33)11-8-20/h7-12,14-15,18-19,24-25H,4-6,13,16-17H2,1-3H3,(H,37,39). The second-order valence-corrected chi connectivity index (χ2v) is 11.1. The van der Waals surface area contributed by atoms with E-state index < -0.39 is 24.5 Å². The van der Waals surface area contributed by atoms with Crippen molar-refractivity contribution >= 4 is 5.91 Å². The molecule has 6 nitrogen and oxygen atoms in total. The van der Waals surface area contributed by atoms with Crippen molar-refractivity contribution in [3.63, 3.8) is 0 Å². The van der Waals surface area contributed by atoms with Gasteiger partial charge in [-0.3, -0.25) is 4.79 Å². The van der Waals surface area contributed by atoms with Gasteiger partial charge in [-0.2, -0.15) is 13.2 Å². The molecule has 1 amide bonds. The van der Waals surface area contributed by atoms with Crippen molar-refractivity contribution in [1.29, 1.82) is 0 Å². The third-order valence-electron chi connectivity index (χ3n) is 7.39. The van der Waals surface area contributed by atoms with E-state index in [4.69, 9.17) is 19.2 Å². The first-order chi connectivity index (χ1) is 20.0. The van der Waals surface area contributed by atoms with Crippen LogP contribution in [0.5, 0.6) is 17.2 Å². The molecule has 224 valence electrons. The third kappa shape index (κ3) is 6.63. The summed E-state index contributed by atoms with van der Waals surface area (Å²) < 4.78 is 72.7. The van der Waals surface area contributed by atoms with Crippen LogP contribution >= 0.6 is 0 Å². The van der Waals surface area contributed by atoms with Crippen molar-refractivity contribution < 1.29 is 36.6 Å². The highest BCUT2D eigenvalue weighted by Crippen LogP contribution is 2.50. The summed E-state index contributed by atoms with van der Waals surface area (Å²) in [5.74, 6) is -1.68. The van der Waals surface area contributed by atoms with Crippen molar-refractivity contribution in [3.8, 4) is 28.5 Å². The molecule has 1 aliphatic carbocycles. The molecule has 10 heteroatoms. The summed E-state index contributed by atoms with van der Waals surface area (Å²) >= 11 is 0. The van der Waals surface area contributed by atoms with Crippen LogP contribution in [0.2, 0.25) is 0 Å². The Morgan fingerprint density at radius 2 is 1.83 bits per heavy atom. The van der Waals surface area contributed by atoms with Crippen molar-refractivity contribution in [2.24, 2.45) is 5.92 Å². The van der Waals surface area contributed by atoms with E-state index in [9.17, 15) is 22.4 Å². The predicted octanol–water partition coefficient (Wildman–Crippen LogP) is 7.43. The highest BCUT2D eigenvalue weighted by Gasteiger charge is 2.47. The molecule has 2 heterocycles. The molecule has 5 rings (SSSR count). The number of hydrogen-bond acceptors (Lipinski definition) is 5. The number of rotatable bonds is 11. The van der Waals surface area contributed by atoms with Gasteiger partial charge in [0.25, 0.3) is 5.91 Å². The molecule has 0 bridgehead atoms. The van der Waals surface area contributed by atoms with E-state index in [0.29, 0.717) is 34.9 Å². The Labute approximate surface area is 242 Å². The lowest BCUT2D eigenvalue weighted by Gasteiger charge is -2.21. The molecule has 42 heavy (non-hydrogen) atoms. The highest BCUT2D eigenvalue weighted by molar-refractivity contribution is 5.95. The average molecular weight is 587 g/mol. The topological polar surface area (TPSA) is 69.7 Å². The van der Waals surface area contributed by atoms with Gasteiger partial charge in [0.15, 0.2) is 11.5 Å². The van der Waals surface area contributed by atoms with Crippen LogP contribution in [-0.4, -0.2) is 42.9 Å². The van der Waals surface area contributed by atoms with Gasteiger partial charge < -0.3 is 19.5 Å². The first kappa shape index (κ1) is 29.7. The number of carbonyl (C=O) groups is 1. The first-order valence-corrected chi connectivity index (χ1v) is 14.3. The Morgan fingerprint density at radius 1 is 1.10 bits per heavy atom. The Balaban J connectivity index is 1.43. The van der Waals surface area contributed by atoms with Gasteiger partial charge in [0.05, 0.1) is 12.7 Å². The summed E-state index contributed by atoms with van der Waals surface area (Å²) in [4.78, 5) is 18.0. The fourth-order valence-corrected chi connectivity index (χ4v) is 5.15. The first-order valence-electron chi connectivity index (χ1n) is 14.3. The largest absolute Gasteiger partial charge is 0.490 e. The van der Waals surface area contributed by atoms with Crippen LogP contribution in [0.1, 0.15) is 73.5 Å². The molecule has 0 saturated heterocycles. The number of aromatic nitrogens is 1. The molecular formula is C32H34F4N2O4. The second kappa shape index (κ2) is 12.2. The predicted molar refractivity (Wildman–Crippen MR) is 150 cm³/mol. The van der Waals surface area contributed by atoms with Gasteiger partial charge in [-0.15, -0.1) is 0 Å². The van der Waals surface area contributed by atoms with Crippen molar-refractivity contribution in [1.82, 2.24) is 10.3 Å². The van der Waals surface area contributed by atoms with Gasteiger partial charge >= 0.3 is 6.18 Å². The number of amides is 1. The smallest absolute Gasteiger partial charge is 0.399 e. The summed E-state index contributed by atoms with van der Waals surface area (Å²) in [6.45, 7) is 5.92. The lowest BCUT2D eigenvalue weighted by Crippen LogP contribution is -2.30. The Kier molecular flexibility index (Phi) is 8.61. The van der Waals surface area contributed by atoms with Crippen LogP contribution in [0.3, 0.4) is 0 Å². The maximum atomic E-state index is 14.0. The van der Waals surface area contributed by atoms with Crippen molar-refractivity contribution in [3.05, 3.63) is 71.2 Å². The quantitative estimate of drug-likeness (QED) is 0.237. The fraction of sp³-hybridized carbons (Fsp3) is 0.438. The van der Waals surface area contributed by atoms with Crippen molar-refractivity contribution in [2.45, 2.75) is 64.1 Å². The molecule has 2 aromatic carbocycles. The molecule has 1 aliphatic heterocycles. The lowest BCUT2D eigenvalue weighted by molar-refractivity contribution is -0.151. The molecule has 1 saturated carbocycles. The van der Waals surface area contributed by atoms with E-state index in [1.807, 2.05) is 20.8 Å². The van der Waals surface area contributed by atoms with Gasteiger partial charge in [0.2, 0.25) is 0 Å². The number of carbonyl (C=O) groups excluding carboxylic acids is 1. The van der Waals surface area contributed by atoms with Crippen LogP contribution in [0.4, 0.5) is 17.6 Å². The Bertz CT molecular complexity index is 1420. The molecule has 0 spiro atoms. The number of nitrogens with one attached hydrogen (secondary N) is 1. The average Bonchev–Trinajstić information content (AvgIpc) is 3.68. The monoisotopic (exact) mass is 586 g/mol. The number of alkyl halides is 3. The normalized spacial score (nSPS) is 17.0. The van der Waals surface area contributed by atoms with E-state index in [2.05, 4.69) is 5.32 Å². The number of fused-ring (bicyclic) bond motifs is 1. The summed E-state index contributed by atoms with van der Waals surface area (Å²) in [6.07, 6.45) is -2.06. The van der Waals surface area contributed by atoms with Gasteiger partial charge in [0, 0.05) is 34.8 Å². The maximum Gasteiger partial charge on any atom is 0.399 e. The summed E-state index contributed by atoms with van der Waals surface area (Å²) in [5, 5.41) is 2.96. The number of hydrogen-bond donors (Lipinski definition) is 1. The van der Waals surface area contributed by atoms with Gasteiger partial charge in [0.1, 0.15) is 29.8 Å². The van der Waals surface area contributed by atoms with Crippen LogP contribution in [0.15, 0.2) is 48.5 Å². The van der Waals surface area contributed by atoms with Gasteiger partial charge in [-0.05, 0) is 87.6 Å². The molecule has 0 radical (unpaired) electrons. The Morgan fingerprint density at radius 3 is 2.48 bits per heavy atom. The van der Waals surface area contributed by atoms with Gasteiger partial charge in [-0.1, -0.05) is 6.92 Å². The minimum Gasteiger partial charge on any atom is -0.490 e. The third-order valence-corrected chi connectivity index (χ3v) is 7.39. The molecule has 1 N–H and O–H groups in total. The lowest BCUT2D eigenvalue weighted by atomic mass is 9.92. The number of benzene rings is 2. The summed E-state index contributed by atoms with van der Waals surface area (Å²) in [5.41, 5.74) is 1.54. The highest BCUT2D eigenvalue weighted by atomic mass is 19.4. The molecular weight excluding hydrogens is 552 g/mol. The molecule has 2 atom stereocenters. The number of halogens is 4. The maximum absolute atomic E-state index is 14.0. The van der Waals surface area contributed by atoms with Gasteiger partial charge in [-0.25, -0.2) is 9.37 Å². The zero-order chi connectivity index (χ0) is 30.0. The Hall–Kier alpha value is -3.82. The van der Waals surface area contributed by atoms with E-state index in [1.54, 1.807) is 18.2 Å². The number of pyridine rings is 1. The van der Waals surface area contributed by atoms with Crippen LogP contribution < -0.4 is 19.5 Å². The molecule has 1 aromatic heterocycles. The molecule has 3 aromatic rings. The van der Waals surface area contributed by atoms with Crippen molar-refractivity contribution in [2.75, 3.05) is 19.8 Å². The summed E-state index contributed by atoms with van der Waals surface area (Å²) in [7, 11) is 0. The zero-order valence-corrected chi connectivity index (χ0v) is 23.8. The SMILES string of the molecule is CCCOc1ccc(C(=O)NCC(c2cc3c(c(-c4ccc(F)cc4)n2)OCC3C(F)(F)F)C2CC2)cc1OC(C)C. The number of ether oxygens (including phenoxy) is 3. The molecule has 1 fully saturated rings.